The summed E-state index contributed by atoms with van der Waals surface area (Å²) < 4.78 is 6.67. The van der Waals surface area contributed by atoms with Crippen molar-refractivity contribution in [2.24, 2.45) is 0 Å². The Balaban J connectivity index is 2.13. The smallest absolute Gasteiger partial charge is 0.306 e. The lowest BCUT2D eigenvalue weighted by Crippen LogP contribution is -2.39. The average Bonchev–Trinajstić information content (AvgIpc) is 2.87. The van der Waals surface area contributed by atoms with E-state index in [1.807, 2.05) is 56.3 Å². The molecule has 36 heavy (non-hydrogen) atoms. The number of hydrogen-bond acceptors (Lipinski definition) is 5. The number of ether oxygens (including phenoxy) is 1. The average molecular weight is 492 g/mol. The van der Waals surface area contributed by atoms with Crippen molar-refractivity contribution in [3.63, 3.8) is 0 Å². The summed E-state index contributed by atoms with van der Waals surface area (Å²) in [5.41, 5.74) is 2.19. The molecular weight excluding hydrogens is 454 g/mol. The van der Waals surface area contributed by atoms with Crippen molar-refractivity contribution < 1.29 is 14.3 Å². The number of carbonyl (C=O) groups is 2. The lowest BCUT2D eigenvalue weighted by atomic mass is 10.1. The second-order valence-electron chi connectivity index (χ2n) is 8.99. The Kier molecular flexibility index (Phi) is 9.79. The van der Waals surface area contributed by atoms with Gasteiger partial charge in [0.05, 0.1) is 35.7 Å². The molecule has 0 spiro atoms. The third-order valence-electron chi connectivity index (χ3n) is 6.29. The van der Waals surface area contributed by atoms with Crippen LogP contribution >= 0.6 is 0 Å². The second kappa shape index (κ2) is 13.0. The van der Waals surface area contributed by atoms with Gasteiger partial charge in [0.25, 0.3) is 5.56 Å². The summed E-state index contributed by atoms with van der Waals surface area (Å²) in [6.45, 7) is 8.66. The van der Waals surface area contributed by atoms with E-state index in [0.717, 1.165) is 30.5 Å². The number of aromatic nitrogens is 2. The van der Waals surface area contributed by atoms with Crippen LogP contribution in [0.5, 0.6) is 0 Å². The molecule has 0 saturated heterocycles. The molecule has 1 atom stereocenters. The van der Waals surface area contributed by atoms with Gasteiger partial charge in [-0.05, 0) is 56.5 Å². The van der Waals surface area contributed by atoms with Gasteiger partial charge in [-0.1, -0.05) is 51.0 Å². The first-order valence-electron chi connectivity index (χ1n) is 12.9. The van der Waals surface area contributed by atoms with Gasteiger partial charge in [-0.15, -0.1) is 0 Å². The zero-order chi connectivity index (χ0) is 26.1. The molecule has 2 aromatic carbocycles. The van der Waals surface area contributed by atoms with Crippen molar-refractivity contribution >= 4 is 22.8 Å². The van der Waals surface area contributed by atoms with Crippen LogP contribution in [-0.2, 0) is 14.3 Å². The highest BCUT2D eigenvalue weighted by Gasteiger charge is 2.29. The standard InChI is InChI=1S/C29H37N3O4/c1-5-8-11-19-31(26(33)17-18-27(34)36-7-3)25(6-2)28-30-24-16-10-9-15-23(24)29(35)32(28)22-14-12-13-21(4)20-22/h9-10,12-16,20,25H,5-8,11,17-19H2,1-4H3. The number of rotatable bonds is 12. The van der Waals surface area contributed by atoms with Crippen LogP contribution in [0.2, 0.25) is 0 Å². The number of fused-ring (bicyclic) bond motifs is 1. The second-order valence-corrected chi connectivity index (χ2v) is 8.99. The monoisotopic (exact) mass is 491 g/mol. The summed E-state index contributed by atoms with van der Waals surface area (Å²) in [6.07, 6.45) is 3.50. The zero-order valence-electron chi connectivity index (χ0n) is 21.8. The highest BCUT2D eigenvalue weighted by molar-refractivity contribution is 5.82. The van der Waals surface area contributed by atoms with Crippen LogP contribution in [0.1, 0.15) is 76.7 Å². The number of carbonyl (C=O) groups excluding carboxylic acids is 2. The number of aryl methyl sites for hydroxylation is 1. The van der Waals surface area contributed by atoms with Crippen LogP contribution in [0.15, 0.2) is 53.3 Å². The maximum absolute atomic E-state index is 13.8. The van der Waals surface area contributed by atoms with Gasteiger partial charge in [0, 0.05) is 13.0 Å². The van der Waals surface area contributed by atoms with Crippen LogP contribution in [0.3, 0.4) is 0 Å². The number of unbranched alkanes of at least 4 members (excludes halogenated alkanes) is 2. The summed E-state index contributed by atoms with van der Waals surface area (Å²) in [4.78, 5) is 46.0. The molecule has 0 N–H and O–H groups in total. The van der Waals surface area contributed by atoms with E-state index in [1.165, 1.54) is 0 Å². The number of amides is 1. The number of nitrogens with zero attached hydrogens (tertiary/aromatic N) is 3. The van der Waals surface area contributed by atoms with Crippen molar-refractivity contribution in [2.75, 3.05) is 13.2 Å². The molecule has 1 unspecified atom stereocenters. The Morgan fingerprint density at radius 3 is 2.50 bits per heavy atom. The van der Waals surface area contributed by atoms with Crippen LogP contribution < -0.4 is 5.56 Å². The molecule has 0 aliphatic carbocycles. The van der Waals surface area contributed by atoms with Crippen LogP contribution in [-0.4, -0.2) is 39.5 Å². The van der Waals surface area contributed by atoms with Gasteiger partial charge in [-0.2, -0.15) is 0 Å². The molecule has 192 valence electrons. The first-order chi connectivity index (χ1) is 17.4. The highest BCUT2D eigenvalue weighted by Crippen LogP contribution is 2.27. The predicted octanol–water partition coefficient (Wildman–Crippen LogP) is 5.51. The van der Waals surface area contributed by atoms with Gasteiger partial charge < -0.3 is 9.64 Å². The molecular formula is C29H37N3O4. The summed E-state index contributed by atoms with van der Waals surface area (Å²) in [5, 5.41) is 0.531. The Morgan fingerprint density at radius 1 is 1.03 bits per heavy atom. The summed E-state index contributed by atoms with van der Waals surface area (Å²) in [7, 11) is 0. The Labute approximate surface area is 213 Å². The first kappa shape index (κ1) is 27.1. The molecule has 0 aliphatic rings. The van der Waals surface area contributed by atoms with Gasteiger partial charge in [0.1, 0.15) is 5.82 Å². The van der Waals surface area contributed by atoms with E-state index in [0.29, 0.717) is 29.7 Å². The van der Waals surface area contributed by atoms with Crippen LogP contribution in [0, 0.1) is 6.92 Å². The third-order valence-corrected chi connectivity index (χ3v) is 6.29. The molecule has 0 aliphatic heterocycles. The SMILES string of the molecule is CCCCCN(C(=O)CCC(=O)OCC)C(CC)c1nc2ccccc2c(=O)n1-c1cccc(C)c1. The maximum atomic E-state index is 13.8. The number of benzene rings is 2. The van der Waals surface area contributed by atoms with Crippen LogP contribution in [0.25, 0.3) is 16.6 Å². The molecule has 3 rings (SSSR count). The molecule has 1 aromatic heterocycles. The number of hydrogen-bond donors (Lipinski definition) is 0. The molecule has 7 nitrogen and oxygen atoms in total. The van der Waals surface area contributed by atoms with Gasteiger partial charge in [-0.25, -0.2) is 4.98 Å². The maximum Gasteiger partial charge on any atom is 0.306 e. The van der Waals surface area contributed by atoms with E-state index in [4.69, 9.17) is 9.72 Å². The molecule has 1 heterocycles. The van der Waals surface area contributed by atoms with E-state index in [9.17, 15) is 14.4 Å². The fraction of sp³-hybridized carbons (Fsp3) is 0.448. The molecule has 7 heteroatoms. The molecule has 3 aromatic rings. The fourth-order valence-electron chi connectivity index (χ4n) is 4.50. The lowest BCUT2D eigenvalue weighted by Gasteiger charge is -2.32. The van der Waals surface area contributed by atoms with Crippen molar-refractivity contribution in [3.8, 4) is 5.69 Å². The van der Waals surface area contributed by atoms with Crippen molar-refractivity contribution in [3.05, 3.63) is 70.3 Å². The fourth-order valence-corrected chi connectivity index (χ4v) is 4.50. The Hall–Kier alpha value is -3.48. The van der Waals surface area contributed by atoms with E-state index in [-0.39, 0.29) is 36.9 Å². The minimum absolute atomic E-state index is 0.0310. The minimum atomic E-state index is -0.422. The molecule has 1 amide bonds. The van der Waals surface area contributed by atoms with E-state index < -0.39 is 6.04 Å². The topological polar surface area (TPSA) is 81.5 Å². The van der Waals surface area contributed by atoms with E-state index >= 15 is 0 Å². The minimum Gasteiger partial charge on any atom is -0.466 e. The van der Waals surface area contributed by atoms with Crippen molar-refractivity contribution in [2.45, 2.75) is 72.3 Å². The predicted molar refractivity (Wildman–Crippen MR) is 142 cm³/mol. The van der Waals surface area contributed by atoms with Crippen molar-refractivity contribution in [1.82, 2.24) is 14.5 Å². The van der Waals surface area contributed by atoms with E-state index in [1.54, 1.807) is 22.5 Å². The normalized spacial score (nSPS) is 11.9. The third kappa shape index (κ3) is 6.39. The Morgan fingerprint density at radius 2 is 1.81 bits per heavy atom. The Bertz CT molecular complexity index is 1250. The van der Waals surface area contributed by atoms with Crippen molar-refractivity contribution in [1.29, 1.82) is 0 Å². The summed E-state index contributed by atoms with van der Waals surface area (Å²) in [6, 6.07) is 14.6. The molecule has 0 fully saturated rings. The van der Waals surface area contributed by atoms with Crippen LogP contribution in [0.4, 0.5) is 0 Å². The first-order valence-corrected chi connectivity index (χ1v) is 12.9. The van der Waals surface area contributed by atoms with Gasteiger partial charge in [0.15, 0.2) is 0 Å². The number of esters is 1. The van der Waals surface area contributed by atoms with Gasteiger partial charge >= 0.3 is 5.97 Å². The van der Waals surface area contributed by atoms with Gasteiger partial charge in [0.2, 0.25) is 5.91 Å². The largest absolute Gasteiger partial charge is 0.466 e. The zero-order valence-corrected chi connectivity index (χ0v) is 21.8. The van der Waals surface area contributed by atoms with E-state index in [2.05, 4.69) is 6.92 Å². The lowest BCUT2D eigenvalue weighted by molar-refractivity contribution is -0.146. The summed E-state index contributed by atoms with van der Waals surface area (Å²) in [5.74, 6) is 0.0184. The summed E-state index contributed by atoms with van der Waals surface area (Å²) >= 11 is 0. The van der Waals surface area contributed by atoms with Gasteiger partial charge in [-0.3, -0.25) is 19.0 Å². The number of para-hydroxylation sites is 1. The molecule has 0 radical (unpaired) electrons. The molecule has 0 bridgehead atoms. The molecule has 0 saturated carbocycles. The highest BCUT2D eigenvalue weighted by atomic mass is 16.5. The quantitative estimate of drug-likeness (QED) is 0.247.